The number of nitrogens with one attached hydrogen (secondary N) is 2. The molecule has 0 aliphatic heterocycles. The Morgan fingerprint density at radius 2 is 1.92 bits per heavy atom. The Labute approximate surface area is 147 Å². The zero-order valence-corrected chi connectivity index (χ0v) is 15.4. The van der Waals surface area contributed by atoms with Crippen LogP contribution in [0.15, 0.2) is 41.4 Å². The number of aromatic nitrogens is 1. The Bertz CT molecular complexity index is 888. The normalized spacial score (nSPS) is 12.2. The summed E-state index contributed by atoms with van der Waals surface area (Å²) in [6, 6.07) is 7.72. The topological polar surface area (TPSA) is 80.2 Å². The van der Waals surface area contributed by atoms with E-state index in [-0.39, 0.29) is 23.0 Å². The van der Waals surface area contributed by atoms with Gasteiger partial charge in [-0.15, -0.1) is 0 Å². The van der Waals surface area contributed by atoms with Gasteiger partial charge >= 0.3 is 0 Å². The summed E-state index contributed by atoms with van der Waals surface area (Å²) < 4.78 is 41.3. The Kier molecular flexibility index (Phi) is 5.34. The number of hydrogen-bond donors (Lipinski definition) is 2. The third-order valence-corrected chi connectivity index (χ3v) is 5.47. The summed E-state index contributed by atoms with van der Waals surface area (Å²) in [7, 11) is -0.732. The van der Waals surface area contributed by atoms with E-state index in [0.717, 1.165) is 0 Å². The van der Waals surface area contributed by atoms with E-state index in [1.165, 1.54) is 29.9 Å². The predicted octanol–water partition coefficient (Wildman–Crippen LogP) is 1.78. The first kappa shape index (κ1) is 19.1. The molecule has 0 fully saturated rings. The minimum Gasteiger partial charge on any atom is -0.350 e. The number of hydrogen-bond acceptors (Lipinski definition) is 3. The van der Waals surface area contributed by atoms with Crippen molar-refractivity contribution in [1.82, 2.24) is 14.6 Å². The molecule has 6 nitrogen and oxygen atoms in total. The summed E-state index contributed by atoms with van der Waals surface area (Å²) in [6.07, 6.45) is 1.36. The van der Waals surface area contributed by atoms with Crippen molar-refractivity contribution in [2.24, 2.45) is 7.05 Å². The molecule has 0 bridgehead atoms. The summed E-state index contributed by atoms with van der Waals surface area (Å²) in [5.74, 6) is -0.757. The van der Waals surface area contributed by atoms with Crippen molar-refractivity contribution in [3.8, 4) is 0 Å². The second kappa shape index (κ2) is 6.97. The maximum absolute atomic E-state index is 14.0. The molecule has 0 unspecified atom stereocenters. The molecule has 2 rings (SSSR count). The molecule has 0 aliphatic carbocycles. The monoisotopic (exact) mass is 367 g/mol. The fourth-order valence-corrected chi connectivity index (χ4v) is 3.32. The Morgan fingerprint density at radius 1 is 1.28 bits per heavy atom. The minimum atomic E-state index is -3.63. The van der Waals surface area contributed by atoms with Crippen molar-refractivity contribution in [1.29, 1.82) is 0 Å². The number of carbonyl (C=O) groups is 1. The molecule has 25 heavy (non-hydrogen) atoms. The van der Waals surface area contributed by atoms with Crippen LogP contribution in [0.3, 0.4) is 0 Å². The molecule has 2 aromatic rings. The van der Waals surface area contributed by atoms with Crippen LogP contribution in [0.5, 0.6) is 0 Å². The van der Waals surface area contributed by atoms with Crippen LogP contribution in [0.25, 0.3) is 0 Å². The average Bonchev–Trinajstić information content (AvgIpc) is 2.95. The van der Waals surface area contributed by atoms with Crippen LogP contribution >= 0.6 is 0 Å². The lowest BCUT2D eigenvalue weighted by atomic mass is 9.84. The van der Waals surface area contributed by atoms with Crippen LogP contribution in [0.4, 0.5) is 4.39 Å². The molecule has 8 heteroatoms. The van der Waals surface area contributed by atoms with E-state index in [0.29, 0.717) is 5.56 Å². The van der Waals surface area contributed by atoms with E-state index in [2.05, 4.69) is 10.0 Å². The number of sulfonamides is 1. The standard InChI is InChI=1S/C17H22FN3O3S/c1-17(2,13-7-5-6-8-14(13)18)11-20-16(22)15-9-12(10-21(15)4)25(23,24)19-3/h5-10,19H,11H2,1-4H3,(H,20,22). The van der Waals surface area contributed by atoms with Gasteiger partial charge in [-0.25, -0.2) is 17.5 Å². The molecule has 0 aliphatic rings. The number of amides is 1. The number of nitrogens with zero attached hydrogens (tertiary/aromatic N) is 1. The second-order valence-electron chi connectivity index (χ2n) is 6.43. The van der Waals surface area contributed by atoms with Gasteiger partial charge < -0.3 is 9.88 Å². The van der Waals surface area contributed by atoms with E-state index in [1.807, 2.05) is 13.8 Å². The summed E-state index contributed by atoms with van der Waals surface area (Å²) in [4.78, 5) is 12.4. The van der Waals surface area contributed by atoms with Crippen LogP contribution in [-0.2, 0) is 22.5 Å². The molecule has 0 radical (unpaired) electrons. The maximum Gasteiger partial charge on any atom is 0.267 e. The summed E-state index contributed by atoms with van der Waals surface area (Å²) in [5.41, 5.74) is 0.0882. The lowest BCUT2D eigenvalue weighted by Crippen LogP contribution is -2.37. The van der Waals surface area contributed by atoms with Gasteiger partial charge in [0.1, 0.15) is 16.4 Å². The summed E-state index contributed by atoms with van der Waals surface area (Å²) in [5, 5.41) is 2.75. The molecule has 0 spiro atoms. The number of benzene rings is 1. The zero-order valence-electron chi connectivity index (χ0n) is 14.6. The van der Waals surface area contributed by atoms with Crippen molar-refractivity contribution in [3.05, 3.63) is 53.6 Å². The first-order valence-corrected chi connectivity index (χ1v) is 9.20. The first-order chi connectivity index (χ1) is 11.6. The first-order valence-electron chi connectivity index (χ1n) is 7.71. The third kappa shape index (κ3) is 4.08. The molecule has 2 N–H and O–H groups in total. The van der Waals surface area contributed by atoms with Gasteiger partial charge in [-0.2, -0.15) is 0 Å². The zero-order chi connectivity index (χ0) is 18.8. The number of carbonyl (C=O) groups excluding carboxylic acids is 1. The molecule has 1 amide bonds. The molecule has 1 aromatic carbocycles. The Balaban J connectivity index is 2.17. The molecule has 0 atom stereocenters. The van der Waals surface area contributed by atoms with Crippen LogP contribution in [0.2, 0.25) is 0 Å². The van der Waals surface area contributed by atoms with E-state index >= 15 is 0 Å². The Hall–Kier alpha value is -2.19. The molecule has 1 heterocycles. The largest absolute Gasteiger partial charge is 0.350 e. The molecule has 0 saturated carbocycles. The van der Waals surface area contributed by atoms with Gasteiger partial charge in [0.05, 0.1) is 0 Å². The highest BCUT2D eigenvalue weighted by Crippen LogP contribution is 2.25. The summed E-state index contributed by atoms with van der Waals surface area (Å²) in [6.45, 7) is 3.85. The van der Waals surface area contributed by atoms with Crippen LogP contribution < -0.4 is 10.0 Å². The van der Waals surface area contributed by atoms with Gasteiger partial charge in [0.25, 0.3) is 5.91 Å². The highest BCUT2D eigenvalue weighted by atomic mass is 32.2. The molecular weight excluding hydrogens is 345 g/mol. The lowest BCUT2D eigenvalue weighted by molar-refractivity contribution is 0.0937. The van der Waals surface area contributed by atoms with E-state index < -0.39 is 21.3 Å². The van der Waals surface area contributed by atoms with Gasteiger partial charge in [-0.3, -0.25) is 4.79 Å². The Morgan fingerprint density at radius 3 is 2.52 bits per heavy atom. The van der Waals surface area contributed by atoms with Crippen LogP contribution in [0, 0.1) is 5.82 Å². The number of rotatable bonds is 6. The predicted molar refractivity (Wildman–Crippen MR) is 93.4 cm³/mol. The summed E-state index contributed by atoms with van der Waals surface area (Å²) >= 11 is 0. The lowest BCUT2D eigenvalue weighted by Gasteiger charge is -2.26. The number of halogens is 1. The van der Waals surface area contributed by atoms with Crippen molar-refractivity contribution >= 4 is 15.9 Å². The average molecular weight is 367 g/mol. The van der Waals surface area contributed by atoms with Crippen molar-refractivity contribution < 1.29 is 17.6 Å². The van der Waals surface area contributed by atoms with Gasteiger partial charge in [0.15, 0.2) is 0 Å². The SMILES string of the molecule is CNS(=O)(=O)c1cc(C(=O)NCC(C)(C)c2ccccc2F)n(C)c1. The highest BCUT2D eigenvalue weighted by Gasteiger charge is 2.26. The molecular formula is C17H22FN3O3S. The molecule has 136 valence electrons. The molecule has 1 aromatic heterocycles. The highest BCUT2D eigenvalue weighted by molar-refractivity contribution is 7.89. The van der Waals surface area contributed by atoms with Crippen LogP contribution in [-0.4, -0.2) is 32.5 Å². The van der Waals surface area contributed by atoms with Crippen molar-refractivity contribution in [3.63, 3.8) is 0 Å². The van der Waals surface area contributed by atoms with E-state index in [1.54, 1.807) is 25.2 Å². The third-order valence-electron chi connectivity index (χ3n) is 4.09. The van der Waals surface area contributed by atoms with E-state index in [9.17, 15) is 17.6 Å². The van der Waals surface area contributed by atoms with Gasteiger partial charge in [0.2, 0.25) is 10.0 Å². The smallest absolute Gasteiger partial charge is 0.267 e. The van der Waals surface area contributed by atoms with Gasteiger partial charge in [-0.1, -0.05) is 32.0 Å². The van der Waals surface area contributed by atoms with Gasteiger partial charge in [0, 0.05) is 25.2 Å². The van der Waals surface area contributed by atoms with Gasteiger partial charge in [-0.05, 0) is 24.7 Å². The van der Waals surface area contributed by atoms with Crippen molar-refractivity contribution in [2.45, 2.75) is 24.2 Å². The minimum absolute atomic E-state index is 0.0102. The van der Waals surface area contributed by atoms with Crippen LogP contribution in [0.1, 0.15) is 29.9 Å². The molecule has 0 saturated heterocycles. The van der Waals surface area contributed by atoms with Crippen molar-refractivity contribution in [2.75, 3.05) is 13.6 Å². The second-order valence-corrected chi connectivity index (χ2v) is 8.31. The fourth-order valence-electron chi connectivity index (χ4n) is 2.52. The maximum atomic E-state index is 14.0. The van der Waals surface area contributed by atoms with E-state index in [4.69, 9.17) is 0 Å². The fraction of sp³-hybridized carbons (Fsp3) is 0.353. The quantitative estimate of drug-likeness (QED) is 0.817. The number of aryl methyl sites for hydroxylation is 1.